The number of hydrogen-bond donors (Lipinski definition) is 1. The van der Waals surface area contributed by atoms with Crippen molar-refractivity contribution in [3.63, 3.8) is 0 Å². The molecule has 1 heterocycles. The highest BCUT2D eigenvalue weighted by Crippen LogP contribution is 2.39. The second-order valence-corrected chi connectivity index (χ2v) is 9.35. The van der Waals surface area contributed by atoms with Crippen LogP contribution in [0, 0.1) is 11.6 Å². The lowest BCUT2D eigenvalue weighted by atomic mass is 9.94. The molecule has 1 aromatic heterocycles. The first kappa shape index (κ1) is 20.9. The highest BCUT2D eigenvalue weighted by Gasteiger charge is 2.40. The fraction of sp³-hybridized carbons (Fsp3) is 0.158. The lowest BCUT2D eigenvalue weighted by molar-refractivity contribution is 0.1000. The monoisotopic (exact) mass is 437 g/mol. The van der Waals surface area contributed by atoms with Gasteiger partial charge in [0, 0.05) is 23.2 Å². The summed E-state index contributed by atoms with van der Waals surface area (Å²) in [6, 6.07) is 7.96. The van der Waals surface area contributed by atoms with Crippen molar-refractivity contribution in [2.24, 2.45) is 5.73 Å². The molecule has 0 saturated carbocycles. The van der Waals surface area contributed by atoms with Crippen molar-refractivity contribution in [3.8, 4) is 0 Å². The van der Waals surface area contributed by atoms with Crippen molar-refractivity contribution in [3.05, 3.63) is 76.8 Å². The van der Waals surface area contributed by atoms with Crippen LogP contribution in [-0.2, 0) is 15.6 Å². The lowest BCUT2D eigenvalue weighted by Crippen LogP contribution is -2.46. The lowest BCUT2D eigenvalue weighted by Gasteiger charge is -2.37. The van der Waals surface area contributed by atoms with Gasteiger partial charge in [0.15, 0.2) is 5.13 Å². The molecule has 0 bridgehead atoms. The van der Waals surface area contributed by atoms with E-state index in [1.165, 1.54) is 44.3 Å². The van der Waals surface area contributed by atoms with Gasteiger partial charge in [-0.15, -0.1) is 11.3 Å². The molecule has 0 unspecified atom stereocenters. The van der Waals surface area contributed by atoms with E-state index in [2.05, 4.69) is 4.98 Å². The maximum absolute atomic E-state index is 13.8. The van der Waals surface area contributed by atoms with Gasteiger partial charge in [-0.3, -0.25) is 4.79 Å². The van der Waals surface area contributed by atoms with Gasteiger partial charge >= 0.3 is 0 Å². The van der Waals surface area contributed by atoms with E-state index >= 15 is 0 Å². The molecule has 0 aliphatic carbocycles. The minimum Gasteiger partial charge on any atom is -0.366 e. The number of carbonyl (C=O) groups is 1. The standard InChI is InChI=1S/C19H17F2N3O3S2/c1-19(2,13-9-14(20)11-15(21)10-13)24(18-23-7-8-28-18)29(26,27)16-5-3-12(4-6-16)17(22)25/h3-11H,1-2H3,(H2,22,25). The number of nitrogens with two attached hydrogens (primary N) is 1. The van der Waals surface area contributed by atoms with Crippen molar-refractivity contribution < 1.29 is 22.0 Å². The minimum absolute atomic E-state index is 0.113. The van der Waals surface area contributed by atoms with E-state index in [1.807, 2.05) is 0 Å². The molecule has 0 saturated heterocycles. The molecule has 0 aliphatic heterocycles. The third kappa shape index (κ3) is 3.99. The molecule has 152 valence electrons. The van der Waals surface area contributed by atoms with Gasteiger partial charge in [0.05, 0.1) is 10.4 Å². The highest BCUT2D eigenvalue weighted by molar-refractivity contribution is 7.93. The number of thiazole rings is 1. The first-order chi connectivity index (χ1) is 13.5. The average Bonchev–Trinajstić information content (AvgIpc) is 3.14. The van der Waals surface area contributed by atoms with Gasteiger partial charge in [0.25, 0.3) is 10.0 Å². The smallest absolute Gasteiger partial charge is 0.266 e. The summed E-state index contributed by atoms with van der Waals surface area (Å²) >= 11 is 1.06. The van der Waals surface area contributed by atoms with Crippen molar-refractivity contribution in [1.82, 2.24) is 4.98 Å². The SMILES string of the molecule is CC(C)(c1cc(F)cc(F)c1)N(c1nccs1)S(=O)(=O)c1ccc(C(N)=O)cc1. The zero-order chi connectivity index (χ0) is 21.4. The Morgan fingerprint density at radius 1 is 1.10 bits per heavy atom. The number of carbonyl (C=O) groups excluding carboxylic acids is 1. The predicted molar refractivity (Wildman–Crippen MR) is 106 cm³/mol. The fourth-order valence-corrected chi connectivity index (χ4v) is 5.64. The van der Waals surface area contributed by atoms with Crippen LogP contribution in [0.4, 0.5) is 13.9 Å². The number of halogens is 2. The zero-order valence-electron chi connectivity index (χ0n) is 15.5. The maximum atomic E-state index is 13.8. The maximum Gasteiger partial charge on any atom is 0.266 e. The van der Waals surface area contributed by atoms with E-state index in [-0.39, 0.29) is 21.2 Å². The Morgan fingerprint density at radius 3 is 2.17 bits per heavy atom. The van der Waals surface area contributed by atoms with Crippen LogP contribution in [0.25, 0.3) is 0 Å². The Morgan fingerprint density at radius 2 is 1.69 bits per heavy atom. The zero-order valence-corrected chi connectivity index (χ0v) is 17.1. The first-order valence-corrected chi connectivity index (χ1v) is 10.7. The van der Waals surface area contributed by atoms with Gasteiger partial charge in [-0.25, -0.2) is 26.5 Å². The Hall–Kier alpha value is -2.85. The van der Waals surface area contributed by atoms with E-state index in [4.69, 9.17) is 5.73 Å². The van der Waals surface area contributed by atoms with Crippen molar-refractivity contribution >= 4 is 32.4 Å². The minimum atomic E-state index is -4.21. The third-order valence-corrected chi connectivity index (χ3v) is 7.20. The van der Waals surface area contributed by atoms with E-state index in [0.717, 1.165) is 27.8 Å². The third-order valence-electron chi connectivity index (χ3n) is 4.35. The molecule has 1 amide bonds. The summed E-state index contributed by atoms with van der Waals surface area (Å²) < 4.78 is 55.7. The van der Waals surface area contributed by atoms with Gasteiger partial charge in [-0.05, 0) is 55.8 Å². The molecule has 0 spiro atoms. The van der Waals surface area contributed by atoms with E-state index < -0.39 is 33.1 Å². The Balaban J connectivity index is 2.18. The van der Waals surface area contributed by atoms with Gasteiger partial charge in [0.1, 0.15) is 11.6 Å². The van der Waals surface area contributed by atoms with Crippen LogP contribution in [-0.4, -0.2) is 19.3 Å². The largest absolute Gasteiger partial charge is 0.366 e. The Labute approximate surface area is 170 Å². The summed E-state index contributed by atoms with van der Waals surface area (Å²) in [6.07, 6.45) is 1.43. The van der Waals surface area contributed by atoms with E-state index in [1.54, 1.807) is 5.38 Å². The molecule has 0 fully saturated rings. The Bertz CT molecular complexity index is 1130. The summed E-state index contributed by atoms with van der Waals surface area (Å²) in [7, 11) is -4.21. The normalized spacial score (nSPS) is 12.0. The van der Waals surface area contributed by atoms with Crippen molar-refractivity contribution in [2.75, 3.05) is 4.31 Å². The molecule has 0 aliphatic rings. The molecule has 3 aromatic rings. The molecule has 0 atom stereocenters. The summed E-state index contributed by atoms with van der Waals surface area (Å²) in [5.74, 6) is -2.34. The average molecular weight is 437 g/mol. The number of rotatable bonds is 6. The fourth-order valence-electron chi connectivity index (χ4n) is 2.88. The quantitative estimate of drug-likeness (QED) is 0.637. The summed E-state index contributed by atoms with van der Waals surface area (Å²) in [5, 5.41) is 1.72. The van der Waals surface area contributed by atoms with E-state index in [0.29, 0.717) is 6.07 Å². The number of anilines is 1. The topological polar surface area (TPSA) is 93.4 Å². The van der Waals surface area contributed by atoms with Gasteiger partial charge in [0.2, 0.25) is 5.91 Å². The van der Waals surface area contributed by atoms with Crippen LogP contribution in [0.1, 0.15) is 29.8 Å². The predicted octanol–water partition coefficient (Wildman–Crippen LogP) is 3.65. The van der Waals surface area contributed by atoms with Crippen LogP contribution in [0.5, 0.6) is 0 Å². The second kappa shape index (κ2) is 7.53. The van der Waals surface area contributed by atoms with Crippen LogP contribution >= 0.6 is 11.3 Å². The van der Waals surface area contributed by atoms with Crippen LogP contribution < -0.4 is 10.0 Å². The van der Waals surface area contributed by atoms with Crippen LogP contribution in [0.2, 0.25) is 0 Å². The molecule has 10 heteroatoms. The summed E-state index contributed by atoms with van der Waals surface area (Å²) in [4.78, 5) is 15.2. The number of benzene rings is 2. The number of aromatic nitrogens is 1. The van der Waals surface area contributed by atoms with Gasteiger partial charge in [-0.2, -0.15) is 0 Å². The first-order valence-electron chi connectivity index (χ1n) is 8.35. The Kier molecular flexibility index (Phi) is 5.42. The number of primary amides is 1. The molecule has 2 N–H and O–H groups in total. The summed E-state index contributed by atoms with van der Waals surface area (Å²) in [6.45, 7) is 3.05. The number of amides is 1. The molecule has 2 aromatic carbocycles. The molecular weight excluding hydrogens is 420 g/mol. The van der Waals surface area contributed by atoms with Crippen LogP contribution in [0.3, 0.4) is 0 Å². The number of sulfonamides is 1. The van der Waals surface area contributed by atoms with Crippen molar-refractivity contribution in [1.29, 1.82) is 0 Å². The van der Waals surface area contributed by atoms with Crippen molar-refractivity contribution in [2.45, 2.75) is 24.3 Å². The highest BCUT2D eigenvalue weighted by atomic mass is 32.2. The summed E-state index contributed by atoms with van der Waals surface area (Å²) in [5.41, 5.74) is 4.08. The molecule has 3 rings (SSSR count). The molecular formula is C19H17F2N3O3S2. The number of nitrogens with zero attached hydrogens (tertiary/aromatic N) is 2. The van der Waals surface area contributed by atoms with Gasteiger partial charge < -0.3 is 5.73 Å². The second-order valence-electron chi connectivity index (χ2n) is 6.69. The molecule has 29 heavy (non-hydrogen) atoms. The molecule has 0 radical (unpaired) electrons. The number of hydrogen-bond acceptors (Lipinski definition) is 5. The van der Waals surface area contributed by atoms with Crippen LogP contribution in [0.15, 0.2) is 58.9 Å². The molecule has 6 nitrogen and oxygen atoms in total. The van der Waals surface area contributed by atoms with Gasteiger partial charge in [-0.1, -0.05) is 0 Å². The van der Waals surface area contributed by atoms with E-state index in [9.17, 15) is 22.0 Å².